The molecule has 2 heterocycles. The summed E-state index contributed by atoms with van der Waals surface area (Å²) in [5.74, 6) is -0.360. The second kappa shape index (κ2) is 6.71. The lowest BCUT2D eigenvalue weighted by Crippen LogP contribution is -2.13. The Morgan fingerprint density at radius 1 is 1.24 bits per heavy atom. The van der Waals surface area contributed by atoms with Crippen LogP contribution in [0.3, 0.4) is 0 Å². The van der Waals surface area contributed by atoms with Gasteiger partial charge in [-0.3, -0.25) is 4.40 Å². The Kier molecular flexibility index (Phi) is 4.62. The molecule has 0 saturated carbocycles. The number of halogens is 3. The van der Waals surface area contributed by atoms with Crippen LogP contribution in [0.15, 0.2) is 18.2 Å². The van der Waals surface area contributed by atoms with E-state index in [1.807, 2.05) is 0 Å². The molecule has 3 aromatic rings. The number of nitrogens with one attached hydrogen (secondary N) is 1. The zero-order chi connectivity index (χ0) is 18.0. The minimum absolute atomic E-state index is 0.0257. The summed E-state index contributed by atoms with van der Waals surface area (Å²) in [6.45, 7) is 1.06. The van der Waals surface area contributed by atoms with Gasteiger partial charge >= 0.3 is 6.18 Å². The SMILES string of the molecule is COc1ccc2c(c1)nc(NCCCCN)c1nnc(C(F)(F)F)n12. The number of anilines is 1. The van der Waals surface area contributed by atoms with Gasteiger partial charge in [-0.05, 0) is 31.5 Å². The van der Waals surface area contributed by atoms with Crippen molar-refractivity contribution in [3.63, 3.8) is 0 Å². The number of ether oxygens (including phenoxy) is 1. The van der Waals surface area contributed by atoms with E-state index < -0.39 is 12.0 Å². The van der Waals surface area contributed by atoms with Gasteiger partial charge in [0, 0.05) is 12.6 Å². The molecular weight excluding hydrogens is 337 g/mol. The number of nitrogens with two attached hydrogens (primary N) is 1. The maximum absolute atomic E-state index is 13.3. The van der Waals surface area contributed by atoms with Crippen LogP contribution in [0.1, 0.15) is 18.7 Å². The molecule has 0 atom stereocenters. The topological polar surface area (TPSA) is 90.4 Å². The number of hydrogen-bond donors (Lipinski definition) is 2. The molecule has 0 fully saturated rings. The summed E-state index contributed by atoms with van der Waals surface area (Å²) in [5.41, 5.74) is 6.07. The van der Waals surface area contributed by atoms with E-state index >= 15 is 0 Å². The van der Waals surface area contributed by atoms with E-state index in [1.165, 1.54) is 13.2 Å². The number of nitrogens with zero attached hydrogens (tertiary/aromatic N) is 4. The first-order valence-electron chi connectivity index (χ1n) is 7.69. The van der Waals surface area contributed by atoms with Crippen LogP contribution < -0.4 is 15.8 Å². The Hall–Kier alpha value is -2.62. The Labute approximate surface area is 141 Å². The van der Waals surface area contributed by atoms with Crippen LogP contribution in [0.4, 0.5) is 19.0 Å². The van der Waals surface area contributed by atoms with E-state index in [0.29, 0.717) is 24.4 Å². The fourth-order valence-electron chi connectivity index (χ4n) is 2.52. The number of fused-ring (bicyclic) bond motifs is 3. The highest BCUT2D eigenvalue weighted by molar-refractivity contribution is 5.84. The van der Waals surface area contributed by atoms with E-state index in [1.54, 1.807) is 12.1 Å². The summed E-state index contributed by atoms with van der Waals surface area (Å²) < 4.78 is 46.0. The highest BCUT2D eigenvalue weighted by Crippen LogP contribution is 2.32. The third-order valence-electron chi connectivity index (χ3n) is 3.71. The quantitative estimate of drug-likeness (QED) is 0.661. The highest BCUT2D eigenvalue weighted by atomic mass is 19.4. The number of hydrogen-bond acceptors (Lipinski definition) is 6. The molecule has 3 N–H and O–H groups in total. The van der Waals surface area contributed by atoms with E-state index in [-0.39, 0.29) is 17.0 Å². The van der Waals surface area contributed by atoms with Crippen molar-refractivity contribution < 1.29 is 17.9 Å². The van der Waals surface area contributed by atoms with Crippen molar-refractivity contribution in [1.82, 2.24) is 19.6 Å². The van der Waals surface area contributed by atoms with Crippen molar-refractivity contribution in [3.8, 4) is 5.75 Å². The molecule has 2 aromatic heterocycles. The van der Waals surface area contributed by atoms with Crippen molar-refractivity contribution in [1.29, 1.82) is 0 Å². The molecule has 0 unspecified atom stereocenters. The molecule has 0 spiro atoms. The lowest BCUT2D eigenvalue weighted by atomic mass is 10.2. The third kappa shape index (κ3) is 3.29. The highest BCUT2D eigenvalue weighted by Gasteiger charge is 2.38. The average Bonchev–Trinajstić information content (AvgIpc) is 3.03. The van der Waals surface area contributed by atoms with Gasteiger partial charge in [-0.2, -0.15) is 13.2 Å². The maximum Gasteiger partial charge on any atom is 0.452 e. The molecule has 3 rings (SSSR count). The number of aromatic nitrogens is 4. The standard InChI is InChI=1S/C15H17F3N6O/c1-25-9-4-5-11-10(8-9)21-12(20-7-3-2-6-19)13-22-23-14(24(11)13)15(16,17)18/h4-5,8H,2-3,6-7,19H2,1H3,(H,20,21). The van der Waals surface area contributed by atoms with Crippen LogP contribution in [-0.4, -0.2) is 39.8 Å². The van der Waals surface area contributed by atoms with Crippen LogP contribution in [0.5, 0.6) is 5.75 Å². The monoisotopic (exact) mass is 354 g/mol. The maximum atomic E-state index is 13.3. The fraction of sp³-hybridized carbons (Fsp3) is 0.400. The molecule has 0 aliphatic heterocycles. The zero-order valence-corrected chi connectivity index (χ0v) is 13.5. The summed E-state index contributed by atoms with van der Waals surface area (Å²) in [6.07, 6.45) is -3.07. The lowest BCUT2D eigenvalue weighted by Gasteiger charge is -2.12. The van der Waals surface area contributed by atoms with Gasteiger partial charge in [-0.25, -0.2) is 4.98 Å². The van der Waals surface area contributed by atoms with Gasteiger partial charge in [-0.1, -0.05) is 0 Å². The molecule has 1 aromatic carbocycles. The molecule has 0 aliphatic carbocycles. The molecule has 25 heavy (non-hydrogen) atoms. The van der Waals surface area contributed by atoms with Crippen molar-refractivity contribution in [3.05, 3.63) is 24.0 Å². The minimum atomic E-state index is -4.63. The smallest absolute Gasteiger partial charge is 0.452 e. The summed E-state index contributed by atoms with van der Waals surface area (Å²) in [5, 5.41) is 10.0. The van der Waals surface area contributed by atoms with Gasteiger partial charge in [0.25, 0.3) is 0 Å². The normalized spacial score (nSPS) is 12.0. The number of methoxy groups -OCH3 is 1. The Balaban J connectivity index is 2.18. The van der Waals surface area contributed by atoms with Gasteiger partial charge in [0.15, 0.2) is 5.82 Å². The molecule has 0 radical (unpaired) electrons. The molecule has 134 valence electrons. The van der Waals surface area contributed by atoms with E-state index in [9.17, 15) is 13.2 Å². The summed E-state index contributed by atoms with van der Waals surface area (Å²) in [4.78, 5) is 4.39. The average molecular weight is 354 g/mol. The van der Waals surface area contributed by atoms with Crippen molar-refractivity contribution in [2.24, 2.45) is 5.73 Å². The minimum Gasteiger partial charge on any atom is -0.497 e. The largest absolute Gasteiger partial charge is 0.497 e. The third-order valence-corrected chi connectivity index (χ3v) is 3.71. The summed E-state index contributed by atoms with van der Waals surface area (Å²) >= 11 is 0. The number of unbranched alkanes of at least 4 members (excludes halogenated alkanes) is 1. The van der Waals surface area contributed by atoms with Crippen LogP contribution >= 0.6 is 0 Å². The molecule has 0 aliphatic rings. The van der Waals surface area contributed by atoms with E-state index in [2.05, 4.69) is 20.5 Å². The Bertz CT molecular complexity index is 892. The molecule has 0 bridgehead atoms. The summed E-state index contributed by atoms with van der Waals surface area (Å²) in [7, 11) is 1.48. The number of rotatable bonds is 6. The van der Waals surface area contributed by atoms with Crippen molar-refractivity contribution >= 4 is 22.5 Å². The Morgan fingerprint density at radius 2 is 2.04 bits per heavy atom. The zero-order valence-electron chi connectivity index (χ0n) is 13.5. The van der Waals surface area contributed by atoms with Gasteiger partial charge in [0.2, 0.25) is 11.5 Å². The van der Waals surface area contributed by atoms with Gasteiger partial charge in [0.1, 0.15) is 5.75 Å². The first-order chi connectivity index (χ1) is 12.0. The fourth-order valence-corrected chi connectivity index (χ4v) is 2.52. The van der Waals surface area contributed by atoms with Crippen LogP contribution in [0.2, 0.25) is 0 Å². The summed E-state index contributed by atoms with van der Waals surface area (Å²) in [6, 6.07) is 4.64. The van der Waals surface area contributed by atoms with E-state index in [0.717, 1.165) is 17.2 Å². The van der Waals surface area contributed by atoms with Gasteiger partial charge in [0.05, 0.1) is 18.1 Å². The second-order valence-electron chi connectivity index (χ2n) is 5.42. The lowest BCUT2D eigenvalue weighted by molar-refractivity contribution is -0.145. The second-order valence-corrected chi connectivity index (χ2v) is 5.42. The van der Waals surface area contributed by atoms with Crippen LogP contribution in [0, 0.1) is 0 Å². The number of alkyl halides is 3. The number of benzene rings is 1. The predicted octanol–water partition coefficient (Wildman–Crippen LogP) is 2.46. The molecular formula is C15H17F3N6O. The Morgan fingerprint density at radius 3 is 2.72 bits per heavy atom. The molecule has 7 nitrogen and oxygen atoms in total. The molecule has 0 saturated heterocycles. The molecule has 0 amide bonds. The first-order valence-corrected chi connectivity index (χ1v) is 7.69. The first kappa shape index (κ1) is 17.2. The van der Waals surface area contributed by atoms with Crippen molar-refractivity contribution in [2.45, 2.75) is 19.0 Å². The van der Waals surface area contributed by atoms with Gasteiger partial charge < -0.3 is 15.8 Å². The predicted molar refractivity (Wildman–Crippen MR) is 86.6 cm³/mol. The van der Waals surface area contributed by atoms with Crippen molar-refractivity contribution in [2.75, 3.05) is 25.5 Å². The van der Waals surface area contributed by atoms with E-state index in [4.69, 9.17) is 10.5 Å². The molecule has 10 heteroatoms. The van der Waals surface area contributed by atoms with Gasteiger partial charge in [-0.15, -0.1) is 10.2 Å². The van der Waals surface area contributed by atoms with Crippen LogP contribution in [0.25, 0.3) is 16.7 Å². The van der Waals surface area contributed by atoms with Crippen LogP contribution in [-0.2, 0) is 6.18 Å².